The van der Waals surface area contributed by atoms with E-state index in [2.05, 4.69) is 50.2 Å². The number of hydrogen-bond donors (Lipinski definition) is 3. The van der Waals surface area contributed by atoms with Crippen molar-refractivity contribution in [3.63, 3.8) is 0 Å². The number of aliphatic hydroxyl groups excluding tert-OH is 1. The Kier molecular flexibility index (Phi) is 8.86. The van der Waals surface area contributed by atoms with E-state index in [9.17, 15) is 20.3 Å². The van der Waals surface area contributed by atoms with E-state index in [1.807, 2.05) is 55.6 Å². The minimum Gasteiger partial charge on any atom is -0.481 e. The minimum absolute atomic E-state index is 0.271. The van der Waals surface area contributed by atoms with Crippen LogP contribution in [0.3, 0.4) is 0 Å². The summed E-state index contributed by atoms with van der Waals surface area (Å²) in [6.07, 6.45) is 4.51. The van der Waals surface area contributed by atoms with Gasteiger partial charge in [-0.15, -0.1) is 0 Å². The van der Waals surface area contributed by atoms with E-state index in [0.29, 0.717) is 73.0 Å². The van der Waals surface area contributed by atoms with Gasteiger partial charge in [0.25, 0.3) is 0 Å². The number of rotatable bonds is 9. The zero-order chi connectivity index (χ0) is 36.9. The fraction of sp³-hybridized carbons (Fsp3) is 0.317. The van der Waals surface area contributed by atoms with Crippen molar-refractivity contribution in [2.45, 2.75) is 52.8 Å². The molecule has 6 aromatic rings. The van der Waals surface area contributed by atoms with Crippen LogP contribution in [0.15, 0.2) is 71.5 Å². The van der Waals surface area contributed by atoms with Crippen molar-refractivity contribution in [3.8, 4) is 28.7 Å². The Morgan fingerprint density at radius 2 is 1.74 bits per heavy atom. The quantitative estimate of drug-likeness (QED) is 0.148. The second-order valence-electron chi connectivity index (χ2n) is 14.6. The zero-order valence-electron chi connectivity index (χ0n) is 29.9. The van der Waals surface area contributed by atoms with Crippen molar-refractivity contribution < 1.29 is 19.4 Å². The average molecular weight is 709 g/mol. The first-order valence-corrected chi connectivity index (χ1v) is 17.8. The summed E-state index contributed by atoms with van der Waals surface area (Å²) >= 11 is 0. The number of pyridine rings is 1. The third-order valence-electron chi connectivity index (χ3n) is 10.8. The molecule has 0 aliphatic carbocycles. The van der Waals surface area contributed by atoms with Crippen LogP contribution in [-0.4, -0.2) is 78.2 Å². The molecule has 0 spiro atoms. The molecule has 5 heterocycles. The van der Waals surface area contributed by atoms with E-state index in [1.165, 1.54) is 0 Å². The average Bonchev–Trinajstić information content (AvgIpc) is 3.87. The topological polar surface area (TPSA) is 165 Å². The van der Waals surface area contributed by atoms with Crippen molar-refractivity contribution >= 4 is 39.6 Å². The van der Waals surface area contributed by atoms with Crippen LogP contribution in [0.25, 0.3) is 44.7 Å². The number of hydrogen-bond acceptors (Lipinski definition) is 11. The summed E-state index contributed by atoms with van der Waals surface area (Å²) in [5, 5.41) is 33.1. The maximum absolute atomic E-state index is 11.8. The van der Waals surface area contributed by atoms with Gasteiger partial charge >= 0.3 is 5.97 Å². The van der Waals surface area contributed by atoms with Crippen LogP contribution >= 0.6 is 0 Å². The minimum atomic E-state index is -0.785. The summed E-state index contributed by atoms with van der Waals surface area (Å²) in [6.45, 7) is 9.80. The van der Waals surface area contributed by atoms with Gasteiger partial charge in [0.2, 0.25) is 5.89 Å². The summed E-state index contributed by atoms with van der Waals surface area (Å²) in [6, 6.07) is 20.2. The highest BCUT2D eigenvalue weighted by atomic mass is 16.4. The number of anilines is 2. The molecule has 2 unspecified atom stereocenters. The number of benzene rings is 3. The van der Waals surface area contributed by atoms with Crippen LogP contribution < -0.4 is 5.32 Å². The van der Waals surface area contributed by atoms with Crippen LogP contribution in [0.5, 0.6) is 0 Å². The number of aliphatic hydroxyl groups is 1. The molecule has 12 nitrogen and oxygen atoms in total. The van der Waals surface area contributed by atoms with Crippen LogP contribution in [0, 0.1) is 30.6 Å². The van der Waals surface area contributed by atoms with E-state index in [0.717, 1.165) is 63.1 Å². The molecule has 3 aromatic carbocycles. The lowest BCUT2D eigenvalue weighted by molar-refractivity contribution is -0.147. The fourth-order valence-corrected chi connectivity index (χ4v) is 7.73. The Bertz CT molecular complexity index is 2440. The number of likely N-dealkylation sites (tertiary alicyclic amines) is 2. The van der Waals surface area contributed by atoms with Gasteiger partial charge in [0.1, 0.15) is 23.4 Å². The maximum Gasteiger partial charge on any atom is 0.310 e. The molecule has 2 aliphatic rings. The number of carboxylic acids is 1. The highest BCUT2D eigenvalue weighted by Gasteiger charge is 2.40. The molecule has 53 heavy (non-hydrogen) atoms. The number of carbonyl (C=O) groups is 1. The molecule has 0 bridgehead atoms. The van der Waals surface area contributed by atoms with Crippen LogP contribution in [0.2, 0.25) is 0 Å². The smallest absolute Gasteiger partial charge is 0.310 e. The maximum atomic E-state index is 11.8. The van der Waals surface area contributed by atoms with Gasteiger partial charge in [-0.3, -0.25) is 19.6 Å². The summed E-state index contributed by atoms with van der Waals surface area (Å²) < 4.78 is 6.29. The third-order valence-corrected chi connectivity index (χ3v) is 10.8. The van der Waals surface area contributed by atoms with Crippen molar-refractivity contribution in [2.24, 2.45) is 5.41 Å². The standard InChI is InChI=1S/C41H40N8O4/c1-24-30(6-4-8-32(24)39-47-35-15-26(14-28(17-42)37(35)53-39)19-49-13-11-41(3,22-49)40(51)52)31-7-5-9-33(25(31)2)46-38-36-34(44-23-45-38)16-27(18-43-36)20-48-12-10-29(50)21-48/h4-9,14-16,18,23,29,50H,10-13,19-22H2,1-3H3,(H,51,52)(H,44,45,46). The van der Waals surface area contributed by atoms with Gasteiger partial charge in [0.05, 0.1) is 22.6 Å². The van der Waals surface area contributed by atoms with Gasteiger partial charge in [-0.2, -0.15) is 5.26 Å². The van der Waals surface area contributed by atoms with Crippen molar-refractivity contribution in [3.05, 3.63) is 94.9 Å². The molecule has 2 saturated heterocycles. The normalized spacial score (nSPS) is 19.3. The van der Waals surface area contributed by atoms with Gasteiger partial charge in [0, 0.05) is 50.2 Å². The first kappa shape index (κ1) is 34.4. The first-order valence-electron chi connectivity index (χ1n) is 17.8. The third kappa shape index (κ3) is 6.59. The van der Waals surface area contributed by atoms with E-state index < -0.39 is 11.4 Å². The van der Waals surface area contributed by atoms with Crippen molar-refractivity contribution in [1.82, 2.24) is 29.7 Å². The molecule has 0 saturated carbocycles. The molecular formula is C41H40N8O4. The van der Waals surface area contributed by atoms with Crippen molar-refractivity contribution in [2.75, 3.05) is 31.5 Å². The van der Waals surface area contributed by atoms with Crippen LogP contribution in [0.4, 0.5) is 11.5 Å². The molecule has 0 amide bonds. The number of aliphatic carboxylic acids is 1. The number of carboxylic acid groups (broad SMARTS) is 1. The monoisotopic (exact) mass is 708 g/mol. The molecular weight excluding hydrogens is 669 g/mol. The molecule has 2 fully saturated rings. The Morgan fingerprint density at radius 3 is 2.49 bits per heavy atom. The van der Waals surface area contributed by atoms with E-state index in [1.54, 1.807) is 13.3 Å². The molecule has 2 atom stereocenters. The predicted molar refractivity (Wildman–Crippen MR) is 201 cm³/mol. The number of aromatic nitrogens is 4. The van der Waals surface area contributed by atoms with Gasteiger partial charge in [-0.05, 0) is 104 Å². The summed E-state index contributed by atoms with van der Waals surface area (Å²) in [7, 11) is 0. The molecule has 2 aliphatic heterocycles. The molecule has 268 valence electrons. The van der Waals surface area contributed by atoms with Gasteiger partial charge < -0.3 is 19.9 Å². The lowest BCUT2D eigenvalue weighted by atomic mass is 9.90. The number of nitrogens with one attached hydrogen (secondary N) is 1. The Labute approximate surface area is 306 Å². The lowest BCUT2D eigenvalue weighted by Crippen LogP contribution is -2.31. The number of oxazole rings is 1. The second-order valence-corrected chi connectivity index (χ2v) is 14.6. The SMILES string of the molecule is Cc1c(Nc2ncnc3cc(CN4CCC(O)C4)cnc23)cccc1-c1cccc(-c2nc3cc(CN4CCC(C)(C(=O)O)C4)cc(C#N)c3o2)c1C. The number of fused-ring (bicyclic) bond motifs is 2. The number of nitriles is 1. The molecule has 0 radical (unpaired) electrons. The molecule has 3 aromatic heterocycles. The molecule has 12 heteroatoms. The van der Waals surface area contributed by atoms with Crippen LogP contribution in [-0.2, 0) is 17.9 Å². The first-order chi connectivity index (χ1) is 25.6. The van der Waals surface area contributed by atoms with Gasteiger partial charge in [-0.1, -0.05) is 24.3 Å². The number of β-amino-alcohol motifs (C(OH)–C–C–N with tert-alkyl or cyclic N) is 1. The highest BCUT2D eigenvalue weighted by Crippen LogP contribution is 2.38. The number of nitrogens with zero attached hydrogens (tertiary/aromatic N) is 7. The summed E-state index contributed by atoms with van der Waals surface area (Å²) in [4.78, 5) is 34.8. The highest BCUT2D eigenvalue weighted by molar-refractivity contribution is 5.89. The predicted octanol–water partition coefficient (Wildman–Crippen LogP) is 6.60. The second kappa shape index (κ2) is 13.7. The molecule has 8 rings (SSSR count). The van der Waals surface area contributed by atoms with Gasteiger partial charge in [-0.25, -0.2) is 15.0 Å². The fourth-order valence-electron chi connectivity index (χ4n) is 7.73. The van der Waals surface area contributed by atoms with E-state index in [4.69, 9.17) is 14.4 Å². The lowest BCUT2D eigenvalue weighted by Gasteiger charge is -2.20. The summed E-state index contributed by atoms with van der Waals surface area (Å²) in [5.41, 5.74) is 9.78. The van der Waals surface area contributed by atoms with Gasteiger partial charge in [0.15, 0.2) is 11.4 Å². The van der Waals surface area contributed by atoms with Crippen molar-refractivity contribution in [1.29, 1.82) is 5.26 Å². The summed E-state index contributed by atoms with van der Waals surface area (Å²) in [5.74, 6) is 0.259. The van der Waals surface area contributed by atoms with Crippen LogP contribution in [0.1, 0.15) is 47.6 Å². The Hall–Kier alpha value is -5.74. The molecule has 3 N–H and O–H groups in total. The largest absolute Gasteiger partial charge is 0.481 e. The van der Waals surface area contributed by atoms with E-state index in [-0.39, 0.29) is 6.10 Å². The van der Waals surface area contributed by atoms with E-state index >= 15 is 0 Å². The Balaban J connectivity index is 1.07. The zero-order valence-corrected chi connectivity index (χ0v) is 29.9. The Morgan fingerprint density at radius 1 is 0.981 bits per heavy atom.